The van der Waals surface area contributed by atoms with Gasteiger partial charge in [-0.15, -0.1) is 0 Å². The van der Waals surface area contributed by atoms with Gasteiger partial charge in [-0.05, 0) is 43.7 Å². The van der Waals surface area contributed by atoms with Crippen molar-refractivity contribution in [2.24, 2.45) is 13.0 Å². The van der Waals surface area contributed by atoms with Crippen molar-refractivity contribution in [1.82, 2.24) is 24.2 Å². The van der Waals surface area contributed by atoms with E-state index in [2.05, 4.69) is 10.1 Å². The third-order valence-electron chi connectivity index (χ3n) is 4.26. The van der Waals surface area contributed by atoms with Crippen LogP contribution in [0.5, 0.6) is 0 Å². The molecule has 130 valence electrons. The van der Waals surface area contributed by atoms with Gasteiger partial charge in [0.05, 0.1) is 12.6 Å². The van der Waals surface area contributed by atoms with E-state index in [9.17, 15) is 13.2 Å². The molecule has 0 N–H and O–H groups in total. The average Bonchev–Trinajstić information content (AvgIpc) is 2.84. The van der Waals surface area contributed by atoms with Crippen LogP contribution >= 0.6 is 12.2 Å². The van der Waals surface area contributed by atoms with Crippen molar-refractivity contribution in [3.8, 4) is 11.4 Å². The van der Waals surface area contributed by atoms with Crippen molar-refractivity contribution in [2.45, 2.75) is 25.7 Å². The zero-order valence-corrected chi connectivity index (χ0v) is 14.0. The molecule has 1 fully saturated rings. The first kappa shape index (κ1) is 17.1. The fraction of sp³-hybridized carbons (Fsp3) is 0.533. The van der Waals surface area contributed by atoms with Gasteiger partial charge in [0.1, 0.15) is 0 Å². The normalized spacial score (nSPS) is 19.6. The van der Waals surface area contributed by atoms with Gasteiger partial charge in [-0.3, -0.25) is 9.88 Å². The van der Waals surface area contributed by atoms with E-state index >= 15 is 0 Å². The Kier molecular flexibility index (Phi) is 4.73. The van der Waals surface area contributed by atoms with Gasteiger partial charge in [0.25, 0.3) is 0 Å². The Hall–Kier alpha value is -1.74. The van der Waals surface area contributed by atoms with Crippen LogP contribution in [0, 0.1) is 10.7 Å². The third-order valence-corrected chi connectivity index (χ3v) is 4.75. The van der Waals surface area contributed by atoms with Crippen molar-refractivity contribution < 1.29 is 13.2 Å². The van der Waals surface area contributed by atoms with Crippen LogP contribution < -0.4 is 0 Å². The Morgan fingerprint density at radius 3 is 2.83 bits per heavy atom. The smallest absolute Gasteiger partial charge is 0.303 e. The summed E-state index contributed by atoms with van der Waals surface area (Å²) in [6, 6.07) is 3.67. The first-order chi connectivity index (χ1) is 11.4. The highest BCUT2D eigenvalue weighted by atomic mass is 32.1. The van der Waals surface area contributed by atoms with Crippen LogP contribution in [0.3, 0.4) is 0 Å². The quantitative estimate of drug-likeness (QED) is 0.791. The van der Waals surface area contributed by atoms with Crippen LogP contribution in [-0.2, 0) is 13.7 Å². The second kappa shape index (κ2) is 6.64. The summed E-state index contributed by atoms with van der Waals surface area (Å²) in [4.78, 5) is 5.82. The number of piperidine rings is 1. The summed E-state index contributed by atoms with van der Waals surface area (Å²) in [6.45, 7) is 0.872. The molecule has 1 aliphatic rings. The Labute approximate surface area is 142 Å². The van der Waals surface area contributed by atoms with E-state index in [1.54, 1.807) is 39.7 Å². The lowest BCUT2D eigenvalue weighted by Gasteiger charge is -2.33. The van der Waals surface area contributed by atoms with E-state index in [0.717, 1.165) is 5.56 Å². The molecule has 0 spiro atoms. The molecule has 0 aromatic carbocycles. The number of aromatic nitrogens is 4. The number of rotatable bonds is 3. The number of pyridine rings is 1. The summed E-state index contributed by atoms with van der Waals surface area (Å²) in [6.07, 6.45) is -0.0817. The first-order valence-electron chi connectivity index (χ1n) is 7.69. The van der Waals surface area contributed by atoms with Crippen molar-refractivity contribution >= 4 is 12.2 Å². The van der Waals surface area contributed by atoms with E-state index in [4.69, 9.17) is 12.2 Å². The van der Waals surface area contributed by atoms with Crippen LogP contribution in [0.15, 0.2) is 24.5 Å². The van der Waals surface area contributed by atoms with E-state index in [-0.39, 0.29) is 19.6 Å². The van der Waals surface area contributed by atoms with Gasteiger partial charge in [-0.1, -0.05) is 0 Å². The molecule has 0 radical (unpaired) electrons. The van der Waals surface area contributed by atoms with Crippen molar-refractivity contribution in [3.63, 3.8) is 0 Å². The standard InChI is InChI=1S/C15H18F3N5S/c1-21-13(11-4-2-6-19-8-11)20-23(14(21)24)10-22-7-3-5-12(9-22)15(16,17)18/h2,4,6,8,12H,3,5,7,9-10H2,1H3/t12-/m0/s1. The summed E-state index contributed by atoms with van der Waals surface area (Å²) >= 11 is 5.38. The Morgan fingerprint density at radius 2 is 2.17 bits per heavy atom. The molecule has 0 bridgehead atoms. The van der Waals surface area contributed by atoms with Crippen LogP contribution in [-0.4, -0.2) is 43.5 Å². The van der Waals surface area contributed by atoms with E-state index < -0.39 is 12.1 Å². The molecule has 1 atom stereocenters. The molecular formula is C15H18F3N5S. The molecule has 1 saturated heterocycles. The summed E-state index contributed by atoms with van der Waals surface area (Å²) in [5.41, 5.74) is 0.816. The molecule has 3 heterocycles. The number of hydrogen-bond donors (Lipinski definition) is 0. The SMILES string of the molecule is Cn1c(-c2cccnc2)nn(CN2CCC[C@H](C(F)(F)F)C2)c1=S. The largest absolute Gasteiger partial charge is 0.393 e. The highest BCUT2D eigenvalue weighted by Gasteiger charge is 2.41. The summed E-state index contributed by atoms with van der Waals surface area (Å²) < 4.78 is 42.6. The molecule has 24 heavy (non-hydrogen) atoms. The number of likely N-dealkylation sites (tertiary alicyclic amines) is 1. The predicted molar refractivity (Wildman–Crippen MR) is 85.6 cm³/mol. The maximum absolute atomic E-state index is 12.9. The van der Waals surface area contributed by atoms with Gasteiger partial charge in [-0.25, -0.2) is 4.68 Å². The van der Waals surface area contributed by atoms with Crippen LogP contribution in [0.2, 0.25) is 0 Å². The molecule has 5 nitrogen and oxygen atoms in total. The van der Waals surface area contributed by atoms with Gasteiger partial charge in [0.15, 0.2) is 10.6 Å². The maximum atomic E-state index is 12.9. The molecular weight excluding hydrogens is 339 g/mol. The molecule has 0 unspecified atom stereocenters. The monoisotopic (exact) mass is 357 g/mol. The average molecular weight is 357 g/mol. The minimum absolute atomic E-state index is 0.00985. The second-order valence-electron chi connectivity index (χ2n) is 6.01. The Bertz CT molecular complexity index is 753. The summed E-state index contributed by atoms with van der Waals surface area (Å²) in [5.74, 6) is -0.626. The lowest BCUT2D eigenvalue weighted by Crippen LogP contribution is -2.42. The van der Waals surface area contributed by atoms with Gasteiger partial charge >= 0.3 is 6.18 Å². The minimum atomic E-state index is -4.15. The fourth-order valence-corrected chi connectivity index (χ4v) is 3.15. The van der Waals surface area contributed by atoms with E-state index in [0.29, 0.717) is 23.6 Å². The van der Waals surface area contributed by atoms with Crippen molar-refractivity contribution in [1.29, 1.82) is 0 Å². The zero-order chi connectivity index (χ0) is 17.3. The molecule has 3 rings (SSSR count). The molecule has 0 amide bonds. The zero-order valence-electron chi connectivity index (χ0n) is 13.2. The lowest BCUT2D eigenvalue weighted by atomic mass is 9.98. The minimum Gasteiger partial charge on any atom is -0.303 e. The highest BCUT2D eigenvalue weighted by Crippen LogP contribution is 2.33. The first-order valence-corrected chi connectivity index (χ1v) is 8.10. The molecule has 1 aliphatic heterocycles. The molecule has 0 aliphatic carbocycles. The summed E-state index contributed by atoms with van der Waals surface area (Å²) in [5, 5.41) is 4.47. The maximum Gasteiger partial charge on any atom is 0.393 e. The second-order valence-corrected chi connectivity index (χ2v) is 6.37. The number of halogens is 3. The van der Waals surface area contributed by atoms with E-state index in [1.165, 1.54) is 0 Å². The molecule has 2 aromatic rings. The fourth-order valence-electron chi connectivity index (χ4n) is 2.97. The summed E-state index contributed by atoms with van der Waals surface area (Å²) in [7, 11) is 1.79. The third kappa shape index (κ3) is 3.51. The number of alkyl halides is 3. The molecule has 2 aromatic heterocycles. The van der Waals surface area contributed by atoms with Gasteiger partial charge < -0.3 is 4.57 Å². The van der Waals surface area contributed by atoms with Crippen LogP contribution in [0.4, 0.5) is 13.2 Å². The van der Waals surface area contributed by atoms with Crippen molar-refractivity contribution in [3.05, 3.63) is 29.3 Å². The van der Waals surface area contributed by atoms with Gasteiger partial charge in [0, 0.05) is 31.5 Å². The topological polar surface area (TPSA) is 38.9 Å². The van der Waals surface area contributed by atoms with E-state index in [1.807, 2.05) is 6.07 Å². The lowest BCUT2D eigenvalue weighted by molar-refractivity contribution is -0.188. The van der Waals surface area contributed by atoms with Crippen LogP contribution in [0.1, 0.15) is 12.8 Å². The number of hydrogen-bond acceptors (Lipinski definition) is 4. The molecule has 0 saturated carbocycles. The predicted octanol–water partition coefficient (Wildman–Crippen LogP) is 3.24. The Balaban J connectivity index is 1.80. The van der Waals surface area contributed by atoms with Crippen molar-refractivity contribution in [2.75, 3.05) is 13.1 Å². The highest BCUT2D eigenvalue weighted by molar-refractivity contribution is 7.71. The van der Waals surface area contributed by atoms with Crippen LogP contribution in [0.25, 0.3) is 11.4 Å². The Morgan fingerprint density at radius 1 is 1.38 bits per heavy atom. The number of nitrogens with zero attached hydrogens (tertiary/aromatic N) is 5. The van der Waals surface area contributed by atoms with Gasteiger partial charge in [0.2, 0.25) is 0 Å². The molecule has 9 heteroatoms. The van der Waals surface area contributed by atoms with Gasteiger partial charge in [-0.2, -0.15) is 18.3 Å².